The smallest absolute Gasteiger partial charge is 0.220 e. The number of hydrogen-bond acceptors (Lipinski definition) is 4. The monoisotopic (exact) mass is 337 g/mol. The number of carbonyl (C=O) groups is 1. The molecule has 2 heterocycles. The number of rotatable bonds is 6. The fourth-order valence-corrected chi connectivity index (χ4v) is 3.15. The summed E-state index contributed by atoms with van der Waals surface area (Å²) < 4.78 is 0. The second kappa shape index (κ2) is 7.84. The van der Waals surface area contributed by atoms with Crippen molar-refractivity contribution >= 4 is 17.2 Å². The van der Waals surface area contributed by atoms with Gasteiger partial charge in [-0.2, -0.15) is 0 Å². The van der Waals surface area contributed by atoms with Crippen molar-refractivity contribution in [3.8, 4) is 10.6 Å². The van der Waals surface area contributed by atoms with E-state index >= 15 is 0 Å². The molecule has 0 atom stereocenters. The van der Waals surface area contributed by atoms with Crippen LogP contribution in [0.25, 0.3) is 10.6 Å². The van der Waals surface area contributed by atoms with Crippen molar-refractivity contribution in [1.82, 2.24) is 15.3 Å². The molecule has 4 nitrogen and oxygen atoms in total. The third-order valence-electron chi connectivity index (χ3n) is 3.70. The highest BCUT2D eigenvalue weighted by molar-refractivity contribution is 7.13. The zero-order chi connectivity index (χ0) is 16.8. The van der Waals surface area contributed by atoms with Gasteiger partial charge in [-0.15, -0.1) is 11.3 Å². The summed E-state index contributed by atoms with van der Waals surface area (Å²) in [5, 5.41) is 5.94. The van der Waals surface area contributed by atoms with Crippen molar-refractivity contribution in [3.05, 3.63) is 71.0 Å². The molecule has 3 aromatic rings. The Balaban J connectivity index is 1.48. The lowest BCUT2D eigenvalue weighted by atomic mass is 10.1. The maximum atomic E-state index is 12.0. The van der Waals surface area contributed by atoms with Crippen LogP contribution in [0.3, 0.4) is 0 Å². The molecule has 0 aliphatic rings. The molecule has 0 aliphatic heterocycles. The van der Waals surface area contributed by atoms with E-state index in [1.807, 2.05) is 29.6 Å². The summed E-state index contributed by atoms with van der Waals surface area (Å²) in [6, 6.07) is 12.1. The number of benzene rings is 1. The number of pyridine rings is 1. The first-order valence-electron chi connectivity index (χ1n) is 7.88. The van der Waals surface area contributed by atoms with E-state index in [2.05, 4.69) is 34.3 Å². The minimum Gasteiger partial charge on any atom is -0.352 e. The minimum atomic E-state index is 0.0500. The number of amides is 1. The largest absolute Gasteiger partial charge is 0.352 e. The molecule has 0 saturated carbocycles. The van der Waals surface area contributed by atoms with Gasteiger partial charge in [-0.3, -0.25) is 9.78 Å². The van der Waals surface area contributed by atoms with Crippen LogP contribution in [0.1, 0.15) is 23.2 Å². The van der Waals surface area contributed by atoms with E-state index in [0.717, 1.165) is 21.8 Å². The molecule has 1 amide bonds. The van der Waals surface area contributed by atoms with Gasteiger partial charge in [0.2, 0.25) is 5.91 Å². The highest BCUT2D eigenvalue weighted by Gasteiger charge is 2.07. The zero-order valence-corrected chi connectivity index (χ0v) is 14.3. The molecule has 0 aliphatic carbocycles. The fraction of sp³-hybridized carbons (Fsp3) is 0.211. The van der Waals surface area contributed by atoms with Crippen LogP contribution in [-0.4, -0.2) is 15.9 Å². The van der Waals surface area contributed by atoms with Crippen LogP contribution in [0, 0.1) is 6.92 Å². The minimum absolute atomic E-state index is 0.0500. The molecule has 24 heavy (non-hydrogen) atoms. The van der Waals surface area contributed by atoms with Crippen molar-refractivity contribution in [2.24, 2.45) is 0 Å². The van der Waals surface area contributed by atoms with Gasteiger partial charge in [0, 0.05) is 36.3 Å². The van der Waals surface area contributed by atoms with Crippen molar-refractivity contribution in [2.75, 3.05) is 0 Å². The van der Waals surface area contributed by atoms with Gasteiger partial charge >= 0.3 is 0 Å². The van der Waals surface area contributed by atoms with Crippen LogP contribution >= 0.6 is 11.3 Å². The first-order chi connectivity index (χ1) is 11.7. The van der Waals surface area contributed by atoms with E-state index in [1.54, 1.807) is 23.7 Å². The quantitative estimate of drug-likeness (QED) is 0.745. The van der Waals surface area contributed by atoms with Gasteiger partial charge in [0.25, 0.3) is 0 Å². The third-order valence-corrected chi connectivity index (χ3v) is 4.64. The number of hydrogen-bond donors (Lipinski definition) is 1. The Morgan fingerprint density at radius 3 is 2.62 bits per heavy atom. The Morgan fingerprint density at radius 2 is 1.88 bits per heavy atom. The SMILES string of the molecule is Cc1ccc(CNC(=O)CCc2csc(-c3ccncc3)n2)cc1. The van der Waals surface area contributed by atoms with Gasteiger partial charge in [0.1, 0.15) is 5.01 Å². The molecule has 0 saturated heterocycles. The fourth-order valence-electron chi connectivity index (χ4n) is 2.29. The summed E-state index contributed by atoms with van der Waals surface area (Å²) >= 11 is 1.60. The summed E-state index contributed by atoms with van der Waals surface area (Å²) in [4.78, 5) is 20.6. The van der Waals surface area contributed by atoms with Crippen molar-refractivity contribution < 1.29 is 4.79 Å². The maximum Gasteiger partial charge on any atom is 0.220 e. The number of aryl methyl sites for hydroxylation is 2. The Morgan fingerprint density at radius 1 is 1.12 bits per heavy atom. The summed E-state index contributed by atoms with van der Waals surface area (Å²) in [5.74, 6) is 0.0500. The summed E-state index contributed by atoms with van der Waals surface area (Å²) in [6.07, 6.45) is 4.62. The second-order valence-corrected chi connectivity index (χ2v) is 6.50. The Bertz CT molecular complexity index is 797. The highest BCUT2D eigenvalue weighted by atomic mass is 32.1. The number of aromatic nitrogens is 2. The second-order valence-electron chi connectivity index (χ2n) is 5.64. The molecule has 0 bridgehead atoms. The standard InChI is InChI=1S/C19H19N3OS/c1-14-2-4-15(5-3-14)12-21-18(23)7-6-17-13-24-19(22-17)16-8-10-20-11-9-16/h2-5,8-11,13H,6-7,12H2,1H3,(H,21,23). The van der Waals surface area contributed by atoms with Gasteiger partial charge in [0.05, 0.1) is 5.69 Å². The average molecular weight is 337 g/mol. The normalized spacial score (nSPS) is 10.5. The summed E-state index contributed by atoms with van der Waals surface area (Å²) in [7, 11) is 0. The van der Waals surface area contributed by atoms with Gasteiger partial charge in [-0.05, 0) is 31.0 Å². The van der Waals surface area contributed by atoms with E-state index in [-0.39, 0.29) is 5.91 Å². The molecule has 0 unspecified atom stereocenters. The summed E-state index contributed by atoms with van der Waals surface area (Å²) in [5.41, 5.74) is 4.35. The first-order valence-corrected chi connectivity index (χ1v) is 8.76. The van der Waals surface area contributed by atoms with Gasteiger partial charge in [0.15, 0.2) is 0 Å². The first kappa shape index (κ1) is 16.3. The maximum absolute atomic E-state index is 12.0. The van der Waals surface area contributed by atoms with Crippen molar-refractivity contribution in [1.29, 1.82) is 0 Å². The number of thiazole rings is 1. The molecule has 1 aromatic carbocycles. The van der Waals surface area contributed by atoms with Crippen molar-refractivity contribution in [2.45, 2.75) is 26.3 Å². The van der Waals surface area contributed by atoms with Crippen LogP contribution in [0.15, 0.2) is 54.2 Å². The molecule has 122 valence electrons. The van der Waals surface area contributed by atoms with E-state index in [9.17, 15) is 4.79 Å². The molecule has 1 N–H and O–H groups in total. The molecular weight excluding hydrogens is 318 g/mol. The van der Waals surface area contributed by atoms with Crippen LogP contribution < -0.4 is 5.32 Å². The molecule has 3 rings (SSSR count). The van der Waals surface area contributed by atoms with Gasteiger partial charge in [-0.25, -0.2) is 4.98 Å². The van der Waals surface area contributed by atoms with Gasteiger partial charge < -0.3 is 5.32 Å². The van der Waals surface area contributed by atoms with E-state index in [4.69, 9.17) is 0 Å². The van der Waals surface area contributed by atoms with Gasteiger partial charge in [-0.1, -0.05) is 29.8 Å². The molecule has 0 fully saturated rings. The van der Waals surface area contributed by atoms with Crippen LogP contribution in [0.5, 0.6) is 0 Å². The van der Waals surface area contributed by atoms with E-state index < -0.39 is 0 Å². The molecule has 5 heteroatoms. The lowest BCUT2D eigenvalue weighted by Gasteiger charge is -2.05. The van der Waals surface area contributed by atoms with Crippen LogP contribution in [0.2, 0.25) is 0 Å². The molecule has 0 spiro atoms. The van der Waals surface area contributed by atoms with Crippen LogP contribution in [0.4, 0.5) is 0 Å². The Labute approximate surface area is 145 Å². The number of nitrogens with one attached hydrogen (secondary N) is 1. The van der Waals surface area contributed by atoms with E-state index in [0.29, 0.717) is 19.4 Å². The summed E-state index contributed by atoms with van der Waals surface area (Å²) in [6.45, 7) is 2.62. The van der Waals surface area contributed by atoms with Crippen molar-refractivity contribution in [3.63, 3.8) is 0 Å². The lowest BCUT2D eigenvalue weighted by Crippen LogP contribution is -2.23. The van der Waals surface area contributed by atoms with Crippen LogP contribution in [-0.2, 0) is 17.8 Å². The average Bonchev–Trinajstić information content (AvgIpc) is 3.09. The van der Waals surface area contributed by atoms with E-state index in [1.165, 1.54) is 5.56 Å². The zero-order valence-electron chi connectivity index (χ0n) is 13.5. The predicted molar refractivity (Wildman–Crippen MR) is 96.7 cm³/mol. The molecular formula is C19H19N3OS. The molecule has 2 aromatic heterocycles. The number of carbonyl (C=O) groups excluding carboxylic acids is 1. The predicted octanol–water partition coefficient (Wildman–Crippen LogP) is 3.76. The lowest BCUT2D eigenvalue weighted by molar-refractivity contribution is -0.121. The molecule has 0 radical (unpaired) electrons. The topological polar surface area (TPSA) is 54.9 Å². The third kappa shape index (κ3) is 4.49. The number of nitrogens with zero attached hydrogens (tertiary/aromatic N) is 2. The Kier molecular flexibility index (Phi) is 5.33. The Hall–Kier alpha value is -2.53. The highest BCUT2D eigenvalue weighted by Crippen LogP contribution is 2.23.